The van der Waals surface area contributed by atoms with E-state index in [1.165, 1.54) is 18.3 Å². The number of primary amides is 1. The number of ether oxygens (including phenoxy) is 1. The number of aromatic nitrogens is 3. The van der Waals surface area contributed by atoms with E-state index in [-0.39, 0.29) is 36.5 Å². The molecule has 0 aliphatic heterocycles. The largest absolute Gasteiger partial charge is 0.492 e. The number of pyridine rings is 1. The van der Waals surface area contributed by atoms with Crippen LogP contribution in [-0.4, -0.2) is 39.6 Å². The first-order valence-electron chi connectivity index (χ1n) is 9.39. The molecule has 1 atom stereocenters. The molecular formula is C19H21F4N5O3. The second kappa shape index (κ2) is 8.16. The zero-order chi connectivity index (χ0) is 23.0. The van der Waals surface area contributed by atoms with E-state index >= 15 is 0 Å². The summed E-state index contributed by atoms with van der Waals surface area (Å²) in [7, 11) is 1.11. The summed E-state index contributed by atoms with van der Waals surface area (Å²) >= 11 is 0. The van der Waals surface area contributed by atoms with Gasteiger partial charge in [-0.05, 0) is 24.5 Å². The van der Waals surface area contributed by atoms with Crippen LogP contribution >= 0.6 is 0 Å². The Balaban J connectivity index is 1.98. The van der Waals surface area contributed by atoms with Crippen molar-refractivity contribution in [2.75, 3.05) is 12.4 Å². The van der Waals surface area contributed by atoms with Gasteiger partial charge in [0.1, 0.15) is 5.69 Å². The van der Waals surface area contributed by atoms with Gasteiger partial charge in [-0.15, -0.1) is 0 Å². The lowest BCUT2D eigenvalue weighted by Crippen LogP contribution is -2.22. The van der Waals surface area contributed by atoms with Crippen molar-refractivity contribution >= 4 is 17.5 Å². The molecule has 3 rings (SSSR count). The highest BCUT2D eigenvalue weighted by molar-refractivity contribution is 6.05. The Morgan fingerprint density at radius 1 is 1.42 bits per heavy atom. The maximum atomic E-state index is 14.1. The number of nitrogens with zero attached hydrogens (tertiary/aromatic N) is 3. The number of nitrogens with two attached hydrogens (primary N) is 1. The minimum atomic E-state index is -3.44. The van der Waals surface area contributed by atoms with E-state index in [0.717, 1.165) is 11.8 Å². The third-order valence-electron chi connectivity index (χ3n) is 4.95. The van der Waals surface area contributed by atoms with Crippen molar-refractivity contribution in [3.8, 4) is 5.75 Å². The Bertz CT molecular complexity index is 1000. The summed E-state index contributed by atoms with van der Waals surface area (Å²) in [5.74, 6) is -8.99. The Morgan fingerprint density at radius 3 is 2.68 bits per heavy atom. The van der Waals surface area contributed by atoms with Gasteiger partial charge in [-0.25, -0.2) is 8.78 Å². The molecule has 1 aliphatic carbocycles. The highest BCUT2D eigenvalue weighted by atomic mass is 19.3. The number of carbonyl (C=O) groups excluding carboxylic acids is 2. The van der Waals surface area contributed by atoms with Crippen molar-refractivity contribution in [3.63, 3.8) is 0 Å². The van der Waals surface area contributed by atoms with Crippen LogP contribution < -0.4 is 15.8 Å². The van der Waals surface area contributed by atoms with Crippen molar-refractivity contribution in [2.45, 2.75) is 44.6 Å². The lowest BCUT2D eigenvalue weighted by Gasteiger charge is -2.14. The van der Waals surface area contributed by atoms with E-state index in [2.05, 4.69) is 15.4 Å². The summed E-state index contributed by atoms with van der Waals surface area (Å²) in [4.78, 5) is 28.0. The van der Waals surface area contributed by atoms with Gasteiger partial charge in [-0.2, -0.15) is 13.9 Å². The molecule has 0 bridgehead atoms. The smallest absolute Gasteiger partial charge is 0.292 e. The van der Waals surface area contributed by atoms with Crippen LogP contribution in [0.3, 0.4) is 0 Å². The highest BCUT2D eigenvalue weighted by Crippen LogP contribution is 2.41. The molecule has 2 aromatic rings. The van der Waals surface area contributed by atoms with E-state index in [0.29, 0.717) is 6.92 Å². The number of rotatable bonds is 7. The fraction of sp³-hybridized carbons (Fsp3) is 0.474. The maximum Gasteiger partial charge on any atom is 0.292 e. The summed E-state index contributed by atoms with van der Waals surface area (Å²) in [6.07, 6.45) is 0.651. The van der Waals surface area contributed by atoms with Crippen LogP contribution in [0.5, 0.6) is 5.75 Å². The lowest BCUT2D eigenvalue weighted by atomic mass is 10.1. The van der Waals surface area contributed by atoms with E-state index < -0.39 is 47.4 Å². The quantitative estimate of drug-likeness (QED) is 0.639. The van der Waals surface area contributed by atoms with Crippen LogP contribution in [0.25, 0.3) is 0 Å². The van der Waals surface area contributed by atoms with Gasteiger partial charge in [0, 0.05) is 38.2 Å². The van der Waals surface area contributed by atoms with E-state index in [4.69, 9.17) is 10.5 Å². The third-order valence-corrected chi connectivity index (χ3v) is 4.95. The van der Waals surface area contributed by atoms with Crippen molar-refractivity contribution in [3.05, 3.63) is 35.4 Å². The van der Waals surface area contributed by atoms with Gasteiger partial charge >= 0.3 is 0 Å². The summed E-state index contributed by atoms with van der Waals surface area (Å²) in [5.41, 5.74) is 4.05. The minimum absolute atomic E-state index is 0.118. The minimum Gasteiger partial charge on any atom is -0.492 e. The molecule has 3 N–H and O–H groups in total. The summed E-state index contributed by atoms with van der Waals surface area (Å²) in [5, 5.41) is 6.28. The number of halogens is 4. The van der Waals surface area contributed by atoms with E-state index in [1.807, 2.05) is 0 Å². The average molecular weight is 443 g/mol. The number of carbonyl (C=O) groups is 2. The molecule has 168 valence electrons. The SMILES string of the molecule is COc1c(C(C)(F)F)nn(CC2CCC(F)(F)C2)c1C(=O)Nc1ccnc(C(N)=O)c1. The van der Waals surface area contributed by atoms with Crippen LogP contribution in [0.1, 0.15) is 52.9 Å². The molecule has 1 aliphatic rings. The number of methoxy groups -OCH3 is 1. The second-order valence-electron chi connectivity index (χ2n) is 7.51. The molecule has 1 fully saturated rings. The molecular weight excluding hydrogens is 422 g/mol. The monoisotopic (exact) mass is 443 g/mol. The molecule has 1 saturated carbocycles. The molecule has 8 nitrogen and oxygen atoms in total. The van der Waals surface area contributed by atoms with Crippen molar-refractivity contribution in [2.24, 2.45) is 11.7 Å². The van der Waals surface area contributed by atoms with E-state index in [9.17, 15) is 27.2 Å². The zero-order valence-corrected chi connectivity index (χ0v) is 16.8. The maximum absolute atomic E-state index is 14.1. The van der Waals surface area contributed by atoms with Crippen LogP contribution in [0.4, 0.5) is 23.2 Å². The first kappa shape index (κ1) is 22.5. The number of hydrogen-bond donors (Lipinski definition) is 2. The van der Waals surface area contributed by atoms with Gasteiger partial charge in [-0.1, -0.05) is 0 Å². The first-order valence-corrected chi connectivity index (χ1v) is 9.39. The predicted octanol–water partition coefficient (Wildman–Crippen LogP) is 3.19. The molecule has 31 heavy (non-hydrogen) atoms. The average Bonchev–Trinajstić information content (AvgIpc) is 3.21. The van der Waals surface area contributed by atoms with Crippen LogP contribution in [0.15, 0.2) is 18.3 Å². The van der Waals surface area contributed by atoms with Gasteiger partial charge in [0.25, 0.3) is 17.7 Å². The van der Waals surface area contributed by atoms with Gasteiger partial charge in [-0.3, -0.25) is 19.3 Å². The standard InChI is InChI=1S/C19H21F4N5O3/c1-18(20,21)15-14(31-2)13(28(27-15)9-10-3-5-19(22,23)8-10)17(30)26-11-4-6-25-12(7-11)16(24)29/h4,6-7,10H,3,5,8-9H2,1-2H3,(H2,24,29)(H,25,26,30). The highest BCUT2D eigenvalue weighted by Gasteiger charge is 2.42. The molecule has 0 aromatic carbocycles. The Hall–Kier alpha value is -3.18. The van der Waals surface area contributed by atoms with Crippen molar-refractivity contribution < 1.29 is 31.9 Å². The predicted molar refractivity (Wildman–Crippen MR) is 101 cm³/mol. The Labute approximate surface area is 174 Å². The number of hydrogen-bond acceptors (Lipinski definition) is 5. The lowest BCUT2D eigenvalue weighted by molar-refractivity contribution is 0.00330. The topological polar surface area (TPSA) is 112 Å². The molecule has 2 aromatic heterocycles. The Kier molecular flexibility index (Phi) is 5.92. The molecule has 0 spiro atoms. The summed E-state index contributed by atoms with van der Waals surface area (Å²) in [6.45, 7) is 0.434. The van der Waals surface area contributed by atoms with E-state index in [1.54, 1.807) is 0 Å². The first-order chi connectivity index (χ1) is 14.4. The fourth-order valence-electron chi connectivity index (χ4n) is 3.55. The molecule has 2 amide bonds. The molecule has 2 heterocycles. The zero-order valence-electron chi connectivity index (χ0n) is 16.8. The molecule has 1 unspecified atom stereocenters. The number of alkyl halides is 4. The number of amides is 2. The summed E-state index contributed by atoms with van der Waals surface area (Å²) in [6, 6.07) is 2.57. The third kappa shape index (κ3) is 4.94. The normalized spacial score (nSPS) is 18.1. The second-order valence-corrected chi connectivity index (χ2v) is 7.51. The Morgan fingerprint density at radius 2 is 2.13 bits per heavy atom. The number of nitrogens with one attached hydrogen (secondary N) is 1. The van der Waals surface area contributed by atoms with Crippen molar-refractivity contribution in [1.82, 2.24) is 14.8 Å². The molecule has 0 saturated heterocycles. The number of anilines is 1. The van der Waals surface area contributed by atoms with Gasteiger partial charge < -0.3 is 15.8 Å². The molecule has 0 radical (unpaired) electrons. The van der Waals surface area contributed by atoms with Gasteiger partial charge in [0.15, 0.2) is 17.1 Å². The van der Waals surface area contributed by atoms with Gasteiger partial charge in [0.2, 0.25) is 5.92 Å². The van der Waals surface area contributed by atoms with Crippen LogP contribution in [0, 0.1) is 5.92 Å². The summed E-state index contributed by atoms with van der Waals surface area (Å²) < 4.78 is 61.4. The van der Waals surface area contributed by atoms with Crippen molar-refractivity contribution in [1.29, 1.82) is 0 Å². The van der Waals surface area contributed by atoms with Gasteiger partial charge in [0.05, 0.1) is 7.11 Å². The fourth-order valence-corrected chi connectivity index (χ4v) is 3.55. The van der Waals surface area contributed by atoms with Crippen LogP contribution in [0.2, 0.25) is 0 Å². The molecule has 12 heteroatoms. The van der Waals surface area contributed by atoms with Crippen LogP contribution in [-0.2, 0) is 12.5 Å².